The number of ether oxygens (including phenoxy) is 1. The molecule has 1 aromatic carbocycles. The molecule has 1 amide bonds. The number of nitrogens with zero attached hydrogens (tertiary/aromatic N) is 1. The quantitative estimate of drug-likeness (QED) is 0.740. The van der Waals surface area contributed by atoms with Crippen LogP contribution in [0.15, 0.2) is 18.2 Å². The summed E-state index contributed by atoms with van der Waals surface area (Å²) in [4.78, 5) is 35.6. The SMILES string of the molecule is COc1ccc(C(C)=O)cc1CC(=O)N(C)CCCC(=O)O. The Hall–Kier alpha value is -2.37. The number of aliphatic carboxylic acids is 1. The van der Waals surface area contributed by atoms with E-state index in [0.29, 0.717) is 29.8 Å². The lowest BCUT2D eigenvalue weighted by Gasteiger charge is -2.18. The summed E-state index contributed by atoms with van der Waals surface area (Å²) >= 11 is 0. The van der Waals surface area contributed by atoms with Crippen molar-refractivity contribution in [2.45, 2.75) is 26.2 Å². The molecule has 120 valence electrons. The van der Waals surface area contributed by atoms with Gasteiger partial charge in [-0.3, -0.25) is 14.4 Å². The first-order valence-electron chi connectivity index (χ1n) is 6.98. The van der Waals surface area contributed by atoms with E-state index < -0.39 is 5.97 Å². The molecule has 1 aromatic rings. The standard InChI is InChI=1S/C16H21NO5/c1-11(18)12-6-7-14(22-3)13(9-12)10-15(19)17(2)8-4-5-16(20)21/h6-7,9H,4-5,8,10H2,1-3H3,(H,20,21). The van der Waals surface area contributed by atoms with Gasteiger partial charge < -0.3 is 14.7 Å². The zero-order valence-electron chi connectivity index (χ0n) is 13.1. The van der Waals surface area contributed by atoms with Crippen molar-refractivity contribution in [3.8, 4) is 5.75 Å². The molecule has 0 radical (unpaired) electrons. The van der Waals surface area contributed by atoms with E-state index in [0.717, 1.165) is 0 Å². The summed E-state index contributed by atoms with van der Waals surface area (Å²) < 4.78 is 5.21. The number of amides is 1. The van der Waals surface area contributed by atoms with Gasteiger partial charge in [0.05, 0.1) is 13.5 Å². The van der Waals surface area contributed by atoms with Crippen molar-refractivity contribution < 1.29 is 24.2 Å². The Labute approximate surface area is 129 Å². The van der Waals surface area contributed by atoms with Gasteiger partial charge in [0.1, 0.15) is 5.75 Å². The first kappa shape index (κ1) is 17.7. The molecule has 6 heteroatoms. The molecule has 0 heterocycles. The molecule has 0 saturated heterocycles. The highest BCUT2D eigenvalue weighted by atomic mass is 16.5. The lowest BCUT2D eigenvalue weighted by atomic mass is 10.0. The maximum atomic E-state index is 12.2. The summed E-state index contributed by atoms with van der Waals surface area (Å²) in [6, 6.07) is 4.99. The van der Waals surface area contributed by atoms with Gasteiger partial charge in [-0.1, -0.05) is 0 Å². The molecule has 0 aliphatic heterocycles. The van der Waals surface area contributed by atoms with E-state index in [1.807, 2.05) is 0 Å². The third-order valence-corrected chi connectivity index (χ3v) is 3.34. The Balaban J connectivity index is 2.75. The molecule has 0 unspecified atom stereocenters. The maximum Gasteiger partial charge on any atom is 0.303 e. The van der Waals surface area contributed by atoms with Crippen molar-refractivity contribution in [3.63, 3.8) is 0 Å². The highest BCUT2D eigenvalue weighted by molar-refractivity contribution is 5.94. The van der Waals surface area contributed by atoms with E-state index in [4.69, 9.17) is 9.84 Å². The van der Waals surface area contributed by atoms with Crippen LogP contribution in [0, 0.1) is 0 Å². The number of carboxylic acid groups (broad SMARTS) is 1. The number of methoxy groups -OCH3 is 1. The summed E-state index contributed by atoms with van der Waals surface area (Å²) in [6.07, 6.45) is 0.539. The van der Waals surface area contributed by atoms with E-state index in [9.17, 15) is 14.4 Å². The van der Waals surface area contributed by atoms with Crippen LogP contribution in [-0.2, 0) is 16.0 Å². The van der Waals surface area contributed by atoms with Gasteiger partial charge >= 0.3 is 5.97 Å². The summed E-state index contributed by atoms with van der Waals surface area (Å²) in [5.41, 5.74) is 1.17. The van der Waals surface area contributed by atoms with Crippen LogP contribution in [0.1, 0.15) is 35.7 Å². The average Bonchev–Trinajstić information content (AvgIpc) is 2.46. The van der Waals surface area contributed by atoms with Crippen LogP contribution in [0.3, 0.4) is 0 Å². The predicted molar refractivity (Wildman–Crippen MR) is 81.2 cm³/mol. The Morgan fingerprint density at radius 1 is 1.27 bits per heavy atom. The topological polar surface area (TPSA) is 83.9 Å². The monoisotopic (exact) mass is 307 g/mol. The van der Waals surface area contributed by atoms with Crippen molar-refractivity contribution in [3.05, 3.63) is 29.3 Å². The van der Waals surface area contributed by atoms with Gasteiger partial charge in [0, 0.05) is 31.1 Å². The van der Waals surface area contributed by atoms with Crippen LogP contribution in [0.5, 0.6) is 5.75 Å². The van der Waals surface area contributed by atoms with Gasteiger partial charge in [-0.2, -0.15) is 0 Å². The molecule has 0 saturated carbocycles. The zero-order valence-corrected chi connectivity index (χ0v) is 13.1. The van der Waals surface area contributed by atoms with E-state index >= 15 is 0 Å². The molecular weight excluding hydrogens is 286 g/mol. The van der Waals surface area contributed by atoms with Gasteiger partial charge in [-0.05, 0) is 31.5 Å². The van der Waals surface area contributed by atoms with Gasteiger partial charge in [-0.25, -0.2) is 0 Å². The second-order valence-electron chi connectivity index (χ2n) is 5.07. The van der Waals surface area contributed by atoms with Crippen molar-refractivity contribution in [2.75, 3.05) is 20.7 Å². The Bertz CT molecular complexity index is 568. The molecule has 0 fully saturated rings. The third kappa shape index (κ3) is 5.20. The lowest BCUT2D eigenvalue weighted by molar-refractivity contribution is -0.138. The second kappa shape index (κ2) is 8.17. The fourth-order valence-corrected chi connectivity index (χ4v) is 2.03. The lowest BCUT2D eigenvalue weighted by Crippen LogP contribution is -2.29. The Kier molecular flexibility index (Phi) is 6.56. The number of ketones is 1. The zero-order chi connectivity index (χ0) is 16.7. The number of hydrogen-bond acceptors (Lipinski definition) is 4. The summed E-state index contributed by atoms with van der Waals surface area (Å²) in [7, 11) is 3.14. The minimum atomic E-state index is -0.878. The molecule has 0 bridgehead atoms. The summed E-state index contributed by atoms with van der Waals surface area (Å²) in [5.74, 6) is -0.551. The van der Waals surface area contributed by atoms with Crippen molar-refractivity contribution >= 4 is 17.7 Å². The number of rotatable bonds is 8. The maximum absolute atomic E-state index is 12.2. The molecule has 22 heavy (non-hydrogen) atoms. The van der Waals surface area contributed by atoms with Crippen molar-refractivity contribution in [2.24, 2.45) is 0 Å². The highest BCUT2D eigenvalue weighted by Gasteiger charge is 2.14. The minimum absolute atomic E-state index is 0.0285. The van der Waals surface area contributed by atoms with Gasteiger partial charge in [0.25, 0.3) is 0 Å². The highest BCUT2D eigenvalue weighted by Crippen LogP contribution is 2.21. The van der Waals surface area contributed by atoms with Crippen molar-refractivity contribution in [1.29, 1.82) is 0 Å². The molecule has 0 aliphatic carbocycles. The fraction of sp³-hybridized carbons (Fsp3) is 0.438. The number of carbonyl (C=O) groups excluding carboxylic acids is 2. The van der Waals surface area contributed by atoms with Crippen molar-refractivity contribution in [1.82, 2.24) is 4.90 Å². The first-order valence-corrected chi connectivity index (χ1v) is 6.98. The molecule has 1 rings (SSSR count). The van der Waals surface area contributed by atoms with Gasteiger partial charge in [-0.15, -0.1) is 0 Å². The number of benzene rings is 1. The number of carbonyl (C=O) groups is 3. The molecule has 0 spiro atoms. The van der Waals surface area contributed by atoms with E-state index in [-0.39, 0.29) is 24.5 Å². The van der Waals surface area contributed by atoms with Gasteiger partial charge in [0.15, 0.2) is 5.78 Å². The molecule has 0 atom stereocenters. The number of hydrogen-bond donors (Lipinski definition) is 1. The van der Waals surface area contributed by atoms with Crippen LogP contribution < -0.4 is 4.74 Å². The van der Waals surface area contributed by atoms with Crippen LogP contribution in [0.4, 0.5) is 0 Å². The predicted octanol–water partition coefficient (Wildman–Crippen LogP) is 1.76. The van der Waals surface area contributed by atoms with Crippen LogP contribution >= 0.6 is 0 Å². The minimum Gasteiger partial charge on any atom is -0.496 e. The first-order chi connectivity index (χ1) is 10.3. The fourth-order valence-electron chi connectivity index (χ4n) is 2.03. The Morgan fingerprint density at radius 3 is 2.50 bits per heavy atom. The number of Topliss-reactive ketones (excluding diaryl/α,β-unsaturated/α-hetero) is 1. The average molecular weight is 307 g/mol. The smallest absolute Gasteiger partial charge is 0.303 e. The molecule has 1 N–H and O–H groups in total. The van der Waals surface area contributed by atoms with E-state index in [2.05, 4.69) is 0 Å². The second-order valence-corrected chi connectivity index (χ2v) is 5.07. The summed E-state index contributed by atoms with van der Waals surface area (Å²) in [6.45, 7) is 1.84. The Morgan fingerprint density at radius 2 is 1.95 bits per heavy atom. The normalized spacial score (nSPS) is 10.1. The van der Waals surface area contributed by atoms with Crippen LogP contribution in [0.25, 0.3) is 0 Å². The summed E-state index contributed by atoms with van der Waals surface area (Å²) in [5, 5.41) is 8.60. The molecular formula is C16H21NO5. The van der Waals surface area contributed by atoms with Gasteiger partial charge in [0.2, 0.25) is 5.91 Å². The molecule has 0 aliphatic rings. The largest absolute Gasteiger partial charge is 0.496 e. The molecule has 6 nitrogen and oxygen atoms in total. The van der Waals surface area contributed by atoms with Crippen LogP contribution in [-0.4, -0.2) is 48.4 Å². The molecule has 0 aromatic heterocycles. The van der Waals surface area contributed by atoms with E-state index in [1.165, 1.54) is 18.9 Å². The van der Waals surface area contributed by atoms with E-state index in [1.54, 1.807) is 25.2 Å². The third-order valence-electron chi connectivity index (χ3n) is 3.34. The van der Waals surface area contributed by atoms with Crippen LogP contribution in [0.2, 0.25) is 0 Å². The number of likely N-dealkylation sites (N-methyl/N-ethyl adjacent to an activating group) is 1. The number of carboxylic acids is 1.